The smallest absolute Gasteiger partial charge is 0.267 e. The number of benzene rings is 2. The normalized spacial score (nSPS) is 10.2. The molecule has 0 aliphatic carbocycles. The molecule has 0 bridgehead atoms. The maximum Gasteiger partial charge on any atom is 0.272 e. The fourth-order valence-corrected chi connectivity index (χ4v) is 2.16. The molecule has 0 fully saturated rings. The minimum atomic E-state index is -0.780. The second-order valence-corrected chi connectivity index (χ2v) is 5.29. The quantitative estimate of drug-likeness (QED) is 0.835. The lowest BCUT2D eigenvalue weighted by molar-refractivity contribution is 0.0844. The van der Waals surface area contributed by atoms with Crippen LogP contribution in [0.1, 0.15) is 31.8 Å². The number of rotatable bonds is 2. The number of halogens is 2. The molecule has 0 aromatic heterocycles. The Labute approximate surface area is 132 Å². The standard InChI is InChI=1S/C16H14ClFN2O2/c1-9-3-5-12(10(2)7-9)15(21)19-20-16(22)13-8-11(17)4-6-14(13)18/h3-8H,1-2H3,(H,19,21)(H,20,22). The maximum absolute atomic E-state index is 13.5. The van der Waals surface area contributed by atoms with Gasteiger partial charge in [-0.05, 0) is 43.7 Å². The summed E-state index contributed by atoms with van der Waals surface area (Å²) in [5.41, 5.74) is 6.42. The van der Waals surface area contributed by atoms with E-state index in [9.17, 15) is 14.0 Å². The van der Waals surface area contributed by atoms with Crippen molar-refractivity contribution in [1.29, 1.82) is 0 Å². The van der Waals surface area contributed by atoms with E-state index in [-0.39, 0.29) is 10.6 Å². The van der Waals surface area contributed by atoms with Gasteiger partial charge in [-0.15, -0.1) is 0 Å². The van der Waals surface area contributed by atoms with Crippen molar-refractivity contribution in [3.63, 3.8) is 0 Å². The van der Waals surface area contributed by atoms with Crippen molar-refractivity contribution in [2.45, 2.75) is 13.8 Å². The molecule has 0 unspecified atom stereocenters. The van der Waals surface area contributed by atoms with Crippen LogP contribution < -0.4 is 10.9 Å². The van der Waals surface area contributed by atoms with Crippen molar-refractivity contribution in [3.8, 4) is 0 Å². The Kier molecular flexibility index (Phi) is 4.78. The number of nitrogens with one attached hydrogen (secondary N) is 2. The Hall–Kier alpha value is -2.40. The monoisotopic (exact) mass is 320 g/mol. The summed E-state index contributed by atoms with van der Waals surface area (Å²) >= 11 is 5.72. The van der Waals surface area contributed by atoms with Gasteiger partial charge >= 0.3 is 0 Å². The summed E-state index contributed by atoms with van der Waals surface area (Å²) in [4.78, 5) is 23.9. The van der Waals surface area contributed by atoms with Gasteiger partial charge in [0.15, 0.2) is 0 Å². The highest BCUT2D eigenvalue weighted by molar-refractivity contribution is 6.31. The van der Waals surface area contributed by atoms with E-state index >= 15 is 0 Å². The zero-order valence-electron chi connectivity index (χ0n) is 12.0. The molecule has 22 heavy (non-hydrogen) atoms. The molecule has 2 amide bonds. The Balaban J connectivity index is 2.07. The molecule has 0 spiro atoms. The number of carbonyl (C=O) groups excluding carboxylic acids is 2. The number of carbonyl (C=O) groups is 2. The molecule has 0 radical (unpaired) electrons. The van der Waals surface area contributed by atoms with Gasteiger partial charge in [0, 0.05) is 10.6 Å². The Morgan fingerprint density at radius 1 is 0.955 bits per heavy atom. The molecule has 114 valence electrons. The molecule has 2 N–H and O–H groups in total. The first-order valence-electron chi connectivity index (χ1n) is 6.51. The third-order valence-corrected chi connectivity index (χ3v) is 3.32. The summed E-state index contributed by atoms with van der Waals surface area (Å²) < 4.78 is 13.5. The molecule has 0 aliphatic rings. The minimum Gasteiger partial charge on any atom is -0.267 e. The molecular formula is C16H14ClFN2O2. The summed E-state index contributed by atoms with van der Waals surface area (Å²) in [6.45, 7) is 3.71. The number of aryl methyl sites for hydroxylation is 2. The van der Waals surface area contributed by atoms with Crippen LogP contribution in [0.5, 0.6) is 0 Å². The van der Waals surface area contributed by atoms with Gasteiger partial charge in [-0.2, -0.15) is 0 Å². The predicted octanol–water partition coefficient (Wildman–Crippen LogP) is 3.17. The van der Waals surface area contributed by atoms with Gasteiger partial charge in [-0.1, -0.05) is 29.3 Å². The average Bonchev–Trinajstić information content (AvgIpc) is 2.47. The molecule has 0 atom stereocenters. The highest BCUT2D eigenvalue weighted by Gasteiger charge is 2.14. The first kappa shape index (κ1) is 16.0. The van der Waals surface area contributed by atoms with Crippen LogP contribution in [0, 0.1) is 19.7 Å². The van der Waals surface area contributed by atoms with Crippen LogP contribution in [0.2, 0.25) is 5.02 Å². The van der Waals surface area contributed by atoms with Crippen LogP contribution >= 0.6 is 11.6 Å². The van der Waals surface area contributed by atoms with Gasteiger partial charge in [0.25, 0.3) is 11.8 Å². The molecule has 2 aromatic carbocycles. The van der Waals surface area contributed by atoms with Gasteiger partial charge in [0.05, 0.1) is 5.56 Å². The van der Waals surface area contributed by atoms with Crippen LogP contribution in [0.25, 0.3) is 0 Å². The number of hydrogen-bond donors (Lipinski definition) is 2. The van der Waals surface area contributed by atoms with E-state index in [1.807, 2.05) is 13.0 Å². The third-order valence-electron chi connectivity index (χ3n) is 3.09. The fourth-order valence-electron chi connectivity index (χ4n) is 1.99. The lowest BCUT2D eigenvalue weighted by Gasteiger charge is -2.10. The highest BCUT2D eigenvalue weighted by atomic mass is 35.5. The Bertz CT molecular complexity index is 747. The van der Waals surface area contributed by atoms with E-state index in [2.05, 4.69) is 10.9 Å². The second kappa shape index (κ2) is 6.58. The van der Waals surface area contributed by atoms with Gasteiger partial charge in [-0.3, -0.25) is 20.4 Å². The molecule has 2 aromatic rings. The number of amides is 2. The minimum absolute atomic E-state index is 0.229. The fraction of sp³-hybridized carbons (Fsp3) is 0.125. The largest absolute Gasteiger partial charge is 0.272 e. The second-order valence-electron chi connectivity index (χ2n) is 4.85. The van der Waals surface area contributed by atoms with E-state index in [0.717, 1.165) is 17.2 Å². The first-order chi connectivity index (χ1) is 10.4. The van der Waals surface area contributed by atoms with Crippen LogP contribution in [0.4, 0.5) is 4.39 Å². The molecule has 0 heterocycles. The molecule has 4 nitrogen and oxygen atoms in total. The van der Waals surface area contributed by atoms with E-state index in [4.69, 9.17) is 11.6 Å². The zero-order chi connectivity index (χ0) is 16.3. The summed E-state index contributed by atoms with van der Waals surface area (Å²) in [6.07, 6.45) is 0. The van der Waals surface area contributed by atoms with Crippen molar-refractivity contribution in [2.75, 3.05) is 0 Å². The molecule has 0 aliphatic heterocycles. The summed E-state index contributed by atoms with van der Waals surface area (Å²) in [5, 5.41) is 0.229. The van der Waals surface area contributed by atoms with E-state index in [1.165, 1.54) is 12.1 Å². The third kappa shape index (κ3) is 3.62. The van der Waals surface area contributed by atoms with Crippen LogP contribution in [0.3, 0.4) is 0 Å². The lowest BCUT2D eigenvalue weighted by Crippen LogP contribution is -2.42. The average molecular weight is 321 g/mol. The van der Waals surface area contributed by atoms with Gasteiger partial charge < -0.3 is 0 Å². The number of hydrazine groups is 1. The zero-order valence-corrected chi connectivity index (χ0v) is 12.8. The summed E-state index contributed by atoms with van der Waals surface area (Å²) in [6, 6.07) is 8.92. The summed E-state index contributed by atoms with van der Waals surface area (Å²) in [7, 11) is 0. The van der Waals surface area contributed by atoms with Gasteiger partial charge in [0.2, 0.25) is 0 Å². The van der Waals surface area contributed by atoms with E-state index in [1.54, 1.807) is 19.1 Å². The lowest BCUT2D eigenvalue weighted by atomic mass is 10.1. The number of hydrogen-bond acceptors (Lipinski definition) is 2. The van der Waals surface area contributed by atoms with Crippen LogP contribution in [0.15, 0.2) is 36.4 Å². The van der Waals surface area contributed by atoms with Crippen molar-refractivity contribution < 1.29 is 14.0 Å². The molecule has 0 saturated heterocycles. The van der Waals surface area contributed by atoms with Gasteiger partial charge in [0.1, 0.15) is 5.82 Å². The Morgan fingerprint density at radius 2 is 1.59 bits per heavy atom. The Morgan fingerprint density at radius 3 is 2.23 bits per heavy atom. The van der Waals surface area contributed by atoms with Crippen LogP contribution in [-0.2, 0) is 0 Å². The molecular weight excluding hydrogens is 307 g/mol. The van der Waals surface area contributed by atoms with E-state index in [0.29, 0.717) is 5.56 Å². The van der Waals surface area contributed by atoms with Gasteiger partial charge in [-0.25, -0.2) is 4.39 Å². The van der Waals surface area contributed by atoms with Crippen molar-refractivity contribution in [3.05, 3.63) is 69.5 Å². The topological polar surface area (TPSA) is 58.2 Å². The first-order valence-corrected chi connectivity index (χ1v) is 6.89. The maximum atomic E-state index is 13.5. The van der Waals surface area contributed by atoms with E-state index < -0.39 is 17.6 Å². The summed E-state index contributed by atoms with van der Waals surface area (Å²) in [5.74, 6) is -1.98. The SMILES string of the molecule is Cc1ccc(C(=O)NNC(=O)c2cc(Cl)ccc2F)c(C)c1. The van der Waals surface area contributed by atoms with Crippen molar-refractivity contribution >= 4 is 23.4 Å². The predicted molar refractivity (Wildman–Crippen MR) is 82.3 cm³/mol. The molecule has 2 rings (SSSR count). The molecule has 0 saturated carbocycles. The van der Waals surface area contributed by atoms with Crippen molar-refractivity contribution in [1.82, 2.24) is 10.9 Å². The van der Waals surface area contributed by atoms with Crippen molar-refractivity contribution in [2.24, 2.45) is 0 Å². The molecule has 6 heteroatoms. The highest BCUT2D eigenvalue weighted by Crippen LogP contribution is 2.14. The van der Waals surface area contributed by atoms with Crippen LogP contribution in [-0.4, -0.2) is 11.8 Å².